The molecule has 0 radical (unpaired) electrons. The molecule has 89 heavy (non-hydrogen) atoms. The van der Waals surface area contributed by atoms with E-state index < -0.39 is 299 Å². The van der Waals surface area contributed by atoms with Gasteiger partial charge in [0.25, 0.3) is 0 Å². The lowest BCUT2D eigenvalue weighted by atomic mass is 9.95. The fraction of sp³-hybridized carbons (Fsp3) is 1.00. The number of rotatable bonds is 22. The predicted octanol–water partition coefficient (Wildman–Crippen LogP) is -18.5. The van der Waals surface area contributed by atoms with Crippen LogP contribution in [-0.2, 0) is 71.1 Å². The van der Waals surface area contributed by atoms with Gasteiger partial charge < -0.3 is 204 Å². The first-order valence-corrected chi connectivity index (χ1v) is 28.2. The van der Waals surface area contributed by atoms with Crippen LogP contribution in [0.25, 0.3) is 0 Å². The minimum atomic E-state index is -2.31. The Morgan fingerprint density at radius 2 is 0.393 bits per heavy atom. The van der Waals surface area contributed by atoms with Crippen molar-refractivity contribution in [3.63, 3.8) is 0 Å². The van der Waals surface area contributed by atoms with Crippen molar-refractivity contribution in [3.05, 3.63) is 0 Å². The normalized spacial score (nSPS) is 53.6. The summed E-state index contributed by atoms with van der Waals surface area (Å²) in [5.41, 5.74) is 0. The predicted molar refractivity (Wildman–Crippen MR) is 264 cm³/mol. The van der Waals surface area contributed by atoms with Crippen LogP contribution in [0.3, 0.4) is 0 Å². The Labute approximate surface area is 501 Å². The van der Waals surface area contributed by atoms with E-state index in [0.29, 0.717) is 0 Å². The molecule has 40 atom stereocenters. The third-order valence-corrected chi connectivity index (χ3v) is 16.6. The Bertz CT molecular complexity index is 2120. The van der Waals surface area contributed by atoms with Crippen molar-refractivity contribution in [2.75, 3.05) is 52.9 Å². The average Bonchev–Trinajstić information content (AvgIpc) is 0.931. The molecule has 520 valence electrons. The fourth-order valence-corrected chi connectivity index (χ4v) is 11.4. The highest BCUT2D eigenvalue weighted by atomic mass is 16.8. The summed E-state index contributed by atoms with van der Waals surface area (Å²) < 4.78 is 83.9. The van der Waals surface area contributed by atoms with Gasteiger partial charge >= 0.3 is 0 Å². The Kier molecular flexibility index (Phi) is 25.9. The van der Waals surface area contributed by atoms with Crippen molar-refractivity contribution in [2.24, 2.45) is 0 Å². The Balaban J connectivity index is 0.897. The molecule has 41 heteroatoms. The summed E-state index contributed by atoms with van der Waals surface area (Å²) in [4.78, 5) is 0. The average molecular weight is 1320 g/mol. The van der Waals surface area contributed by atoms with Gasteiger partial charge in [0.15, 0.2) is 50.3 Å². The highest BCUT2D eigenvalue weighted by Crippen LogP contribution is 2.38. The second kappa shape index (κ2) is 31.5. The molecule has 0 saturated carbocycles. The van der Waals surface area contributed by atoms with Gasteiger partial charge in [-0.15, -0.1) is 0 Å². The summed E-state index contributed by atoms with van der Waals surface area (Å²) in [5.74, 6) is 0. The van der Waals surface area contributed by atoms with Crippen LogP contribution in [0.5, 0.6) is 0 Å². The molecule has 8 saturated heterocycles. The first kappa shape index (κ1) is 73.2. The molecule has 8 aliphatic heterocycles. The van der Waals surface area contributed by atoms with E-state index >= 15 is 0 Å². The van der Waals surface area contributed by atoms with Crippen LogP contribution in [0.4, 0.5) is 0 Å². The van der Waals surface area contributed by atoms with Crippen LogP contribution < -0.4 is 0 Å². The number of aliphatic hydroxyl groups excluding tert-OH is 26. The second-order valence-corrected chi connectivity index (χ2v) is 22.4. The maximum atomic E-state index is 11.5. The molecule has 1 unspecified atom stereocenters. The van der Waals surface area contributed by atoms with Gasteiger partial charge in [0, 0.05) is 0 Å². The second-order valence-electron chi connectivity index (χ2n) is 22.4. The zero-order chi connectivity index (χ0) is 65.4. The van der Waals surface area contributed by atoms with Crippen molar-refractivity contribution in [3.8, 4) is 0 Å². The van der Waals surface area contributed by atoms with E-state index in [1.807, 2.05) is 0 Å². The number of ether oxygens (including phenoxy) is 15. The van der Waals surface area contributed by atoms with Gasteiger partial charge in [-0.3, -0.25) is 0 Å². The van der Waals surface area contributed by atoms with Crippen LogP contribution in [-0.4, -0.2) is 431 Å². The van der Waals surface area contributed by atoms with E-state index in [-0.39, 0.29) is 0 Å². The van der Waals surface area contributed by atoms with Crippen molar-refractivity contribution >= 4 is 0 Å². The molecule has 0 aliphatic carbocycles. The molecule has 8 heterocycles. The van der Waals surface area contributed by atoms with Crippen molar-refractivity contribution in [1.82, 2.24) is 0 Å². The fourth-order valence-electron chi connectivity index (χ4n) is 11.4. The monoisotopic (exact) mass is 1310 g/mol. The topological polar surface area (TPSA) is 664 Å². The zero-order valence-corrected chi connectivity index (χ0v) is 46.5. The van der Waals surface area contributed by atoms with Gasteiger partial charge in [0.05, 0.1) is 52.9 Å². The van der Waals surface area contributed by atoms with Gasteiger partial charge in [-0.2, -0.15) is 0 Å². The SMILES string of the molecule is OC[C@H]1O[C@H](OC[C@H]2O[C@H](O[C@H]3[C@H](O)[C@@H](O)[C@@H](O[C@H]4[C@H](O)[C@@H](O)[C@@H](O[C@H]5[C@H](O)[C@@H](O)[C@@H](O[C@H]6[C@H](O)[C@@H](O)[C@@H](O[C@H]7[C@H](O)[C@@H](O)C(O)O[C@@H]7CO)O[C@@H]6CO)O[C@@H]5CO)O[C@@H]4CO)O[C@@H]3CO)[C@H](O)[C@@H](O)[C@@H]2O[C@H]2O[C@H](CO)[C@@H](O)[C@H](O)[C@H]2O)[C@H](O)[C@@H](O)[C@@H]1O. The summed E-state index contributed by atoms with van der Waals surface area (Å²) in [5, 5.41) is 277. The minimum absolute atomic E-state index is 0.886. The smallest absolute Gasteiger partial charge is 0.187 e. The van der Waals surface area contributed by atoms with Crippen LogP contribution in [0.15, 0.2) is 0 Å². The lowest BCUT2D eigenvalue weighted by Gasteiger charge is -2.50. The maximum Gasteiger partial charge on any atom is 0.187 e. The van der Waals surface area contributed by atoms with E-state index in [1.165, 1.54) is 0 Å². The first-order chi connectivity index (χ1) is 42.2. The number of hydrogen-bond acceptors (Lipinski definition) is 41. The zero-order valence-electron chi connectivity index (χ0n) is 46.5. The number of hydrogen-bond donors (Lipinski definition) is 26. The summed E-state index contributed by atoms with van der Waals surface area (Å²) in [6.45, 7) is -7.96. The lowest BCUT2D eigenvalue weighted by molar-refractivity contribution is -0.399. The molecule has 0 aromatic heterocycles. The largest absolute Gasteiger partial charge is 0.394 e. The molecule has 8 aliphatic rings. The molecule has 0 aromatic carbocycles. The lowest BCUT2D eigenvalue weighted by Crippen LogP contribution is -2.68. The van der Waals surface area contributed by atoms with Crippen molar-refractivity contribution in [2.45, 2.75) is 246 Å². The molecule has 0 bridgehead atoms. The standard InChI is InChI=1S/C48H82O41/c49-1-9-17(56)19(58)28(67)42(77-9)75-8-16-40(89-43-29(68)20(59)18(57)10(2-50)78-43)26(65)34(73)48(83-16)88-39-15(7-55)82-47(33(72)25(39)64)87-38-14(6-54)81-46(32(71)24(38)63)86-37-13(5-53)80-45(31(70)23(37)62)85-36-12(4-52)79-44(30(69)22(36)61)84-35-11(3-51)76-41(74)27(66)21(35)60/h9-74H,1-8H2/t9-,10-,11-,12-,13-,14-,15-,16-,17-,18-,19+,20+,21-,22-,23-,24-,25-,26-,27-,28-,29-,30-,31-,32-,33-,34-,35-,36-,37-,38-,39-,40-,41?,42+,43-,44-,45-,46-,47-,48-/m1/s1. The molecule has 8 fully saturated rings. The molecule has 0 aromatic rings. The van der Waals surface area contributed by atoms with Gasteiger partial charge in [-0.1, -0.05) is 0 Å². The highest BCUT2D eigenvalue weighted by molar-refractivity contribution is 5.01. The van der Waals surface area contributed by atoms with Crippen LogP contribution in [0.2, 0.25) is 0 Å². The third kappa shape index (κ3) is 15.2. The molecule has 0 amide bonds. The summed E-state index contributed by atoms with van der Waals surface area (Å²) in [7, 11) is 0. The minimum Gasteiger partial charge on any atom is -0.394 e. The Hall–Kier alpha value is -1.64. The molecular weight excluding hydrogens is 1230 g/mol. The van der Waals surface area contributed by atoms with Crippen LogP contribution >= 0.6 is 0 Å². The van der Waals surface area contributed by atoms with Gasteiger partial charge in [0.1, 0.15) is 195 Å². The summed E-state index contributed by atoms with van der Waals surface area (Å²) in [6.07, 6.45) is -79.2. The Morgan fingerprint density at radius 3 is 0.674 bits per heavy atom. The Morgan fingerprint density at radius 1 is 0.191 bits per heavy atom. The first-order valence-electron chi connectivity index (χ1n) is 28.2. The van der Waals surface area contributed by atoms with Gasteiger partial charge in [-0.05, 0) is 0 Å². The molecule has 8 rings (SSSR count). The van der Waals surface area contributed by atoms with Crippen molar-refractivity contribution < 1.29 is 204 Å². The molecule has 0 spiro atoms. The van der Waals surface area contributed by atoms with Crippen LogP contribution in [0.1, 0.15) is 0 Å². The van der Waals surface area contributed by atoms with E-state index in [0.717, 1.165) is 0 Å². The summed E-state index contributed by atoms with van der Waals surface area (Å²) in [6, 6.07) is 0. The number of aliphatic hydroxyl groups is 26. The van der Waals surface area contributed by atoms with Crippen LogP contribution in [0, 0.1) is 0 Å². The highest BCUT2D eigenvalue weighted by Gasteiger charge is 2.59. The third-order valence-electron chi connectivity index (χ3n) is 16.6. The molecule has 41 nitrogen and oxygen atoms in total. The molecule has 26 N–H and O–H groups in total. The summed E-state index contributed by atoms with van der Waals surface area (Å²) >= 11 is 0. The van der Waals surface area contributed by atoms with Gasteiger partial charge in [-0.25, -0.2) is 0 Å². The molecular formula is C48H82O41. The van der Waals surface area contributed by atoms with E-state index in [9.17, 15) is 133 Å². The van der Waals surface area contributed by atoms with Gasteiger partial charge in [0.2, 0.25) is 0 Å². The van der Waals surface area contributed by atoms with Crippen molar-refractivity contribution in [1.29, 1.82) is 0 Å². The van der Waals surface area contributed by atoms with E-state index in [4.69, 9.17) is 71.1 Å². The van der Waals surface area contributed by atoms with E-state index in [1.54, 1.807) is 0 Å². The van der Waals surface area contributed by atoms with E-state index in [2.05, 4.69) is 0 Å². The quantitative estimate of drug-likeness (QED) is 0.0479. The maximum absolute atomic E-state index is 11.5.